The molecule has 28 heavy (non-hydrogen) atoms. The van der Waals surface area contributed by atoms with Crippen LogP contribution in [0.3, 0.4) is 0 Å². The van der Waals surface area contributed by atoms with Crippen LogP contribution in [0.5, 0.6) is 11.5 Å². The highest BCUT2D eigenvalue weighted by Gasteiger charge is 2.16. The molecule has 2 N–H and O–H groups in total. The van der Waals surface area contributed by atoms with Crippen LogP contribution in [0, 0.1) is 0 Å². The summed E-state index contributed by atoms with van der Waals surface area (Å²) in [6, 6.07) is 5.58. The topological polar surface area (TPSA) is 122 Å². The number of aromatic nitrogens is 4. The number of aromatic amines is 2. The monoisotopic (exact) mass is 385 g/mol. The predicted molar refractivity (Wildman–Crippen MR) is 99.3 cm³/mol. The van der Waals surface area contributed by atoms with Gasteiger partial charge in [-0.2, -0.15) is 0 Å². The standard InChI is InChI=1S/C18H19N5O5/c1-22(8-10-3-4-11-12(7-10)28-9-27-11)14(24)6-5-13-19-15-16(20-13)23(2)18(26)21-17(15)25/h3-4,7H,5-6,8-9H2,1-2H3,(H,19,20)(H,21,25,26). The molecule has 4 rings (SSSR count). The molecular weight excluding hydrogens is 366 g/mol. The third-order valence-electron chi connectivity index (χ3n) is 4.66. The van der Waals surface area contributed by atoms with E-state index in [-0.39, 0.29) is 30.3 Å². The minimum atomic E-state index is -0.532. The highest BCUT2D eigenvalue weighted by molar-refractivity contribution is 5.76. The summed E-state index contributed by atoms with van der Waals surface area (Å²) >= 11 is 0. The lowest BCUT2D eigenvalue weighted by atomic mass is 10.2. The summed E-state index contributed by atoms with van der Waals surface area (Å²) in [5, 5.41) is 0. The van der Waals surface area contributed by atoms with Gasteiger partial charge in [-0.3, -0.25) is 19.1 Å². The number of carbonyl (C=O) groups excluding carboxylic acids is 1. The molecule has 0 bridgehead atoms. The molecule has 1 amide bonds. The van der Waals surface area contributed by atoms with Crippen LogP contribution in [-0.4, -0.2) is 44.2 Å². The molecule has 10 heteroatoms. The van der Waals surface area contributed by atoms with Crippen molar-refractivity contribution in [2.24, 2.45) is 7.05 Å². The van der Waals surface area contributed by atoms with E-state index in [1.165, 1.54) is 11.6 Å². The van der Waals surface area contributed by atoms with Crippen molar-refractivity contribution in [1.29, 1.82) is 0 Å². The number of fused-ring (bicyclic) bond motifs is 2. The average Bonchev–Trinajstić information content (AvgIpc) is 3.31. The van der Waals surface area contributed by atoms with Gasteiger partial charge in [0, 0.05) is 33.5 Å². The lowest BCUT2D eigenvalue weighted by Gasteiger charge is -2.17. The van der Waals surface area contributed by atoms with Crippen LogP contribution in [-0.2, 0) is 24.8 Å². The van der Waals surface area contributed by atoms with Crippen LogP contribution in [0.15, 0.2) is 27.8 Å². The van der Waals surface area contributed by atoms with Crippen molar-refractivity contribution in [3.63, 3.8) is 0 Å². The number of nitrogens with zero attached hydrogens (tertiary/aromatic N) is 3. The maximum absolute atomic E-state index is 12.5. The van der Waals surface area contributed by atoms with Crippen LogP contribution in [0.2, 0.25) is 0 Å². The van der Waals surface area contributed by atoms with E-state index in [9.17, 15) is 14.4 Å². The second kappa shape index (κ2) is 6.87. The van der Waals surface area contributed by atoms with E-state index in [1.807, 2.05) is 18.2 Å². The van der Waals surface area contributed by atoms with Gasteiger partial charge in [0.25, 0.3) is 5.56 Å². The Labute approximate surface area is 158 Å². The van der Waals surface area contributed by atoms with Crippen molar-refractivity contribution in [3.05, 3.63) is 50.4 Å². The van der Waals surface area contributed by atoms with E-state index >= 15 is 0 Å². The lowest BCUT2D eigenvalue weighted by Crippen LogP contribution is -2.28. The first-order chi connectivity index (χ1) is 13.4. The molecule has 0 unspecified atom stereocenters. The van der Waals surface area contributed by atoms with Crippen LogP contribution >= 0.6 is 0 Å². The van der Waals surface area contributed by atoms with Crippen LogP contribution in [0.25, 0.3) is 11.2 Å². The summed E-state index contributed by atoms with van der Waals surface area (Å²) in [6.45, 7) is 0.642. The zero-order valence-electron chi connectivity index (χ0n) is 15.4. The Morgan fingerprint density at radius 3 is 2.86 bits per heavy atom. The van der Waals surface area contributed by atoms with Crippen molar-refractivity contribution in [2.75, 3.05) is 13.8 Å². The van der Waals surface area contributed by atoms with Gasteiger partial charge in [-0.15, -0.1) is 0 Å². The molecule has 1 aromatic carbocycles. The highest BCUT2D eigenvalue weighted by Crippen LogP contribution is 2.32. The Morgan fingerprint density at radius 2 is 2.04 bits per heavy atom. The van der Waals surface area contributed by atoms with Gasteiger partial charge in [0.15, 0.2) is 17.1 Å². The number of nitrogens with one attached hydrogen (secondary N) is 2. The molecule has 0 aliphatic carbocycles. The Balaban J connectivity index is 1.42. The molecule has 0 atom stereocenters. The fourth-order valence-electron chi connectivity index (χ4n) is 3.09. The van der Waals surface area contributed by atoms with E-state index < -0.39 is 11.2 Å². The first kappa shape index (κ1) is 17.8. The minimum Gasteiger partial charge on any atom is -0.454 e. The van der Waals surface area contributed by atoms with Gasteiger partial charge in [0.1, 0.15) is 11.3 Å². The van der Waals surface area contributed by atoms with Crippen molar-refractivity contribution >= 4 is 17.1 Å². The minimum absolute atomic E-state index is 0.0686. The zero-order valence-corrected chi connectivity index (χ0v) is 15.4. The van der Waals surface area contributed by atoms with Crippen LogP contribution < -0.4 is 20.7 Å². The zero-order chi connectivity index (χ0) is 19.8. The first-order valence-corrected chi connectivity index (χ1v) is 8.73. The van der Waals surface area contributed by atoms with Gasteiger partial charge in [-0.25, -0.2) is 9.78 Å². The fraction of sp³-hybridized carbons (Fsp3) is 0.333. The van der Waals surface area contributed by atoms with Gasteiger partial charge in [0.2, 0.25) is 12.7 Å². The van der Waals surface area contributed by atoms with E-state index in [0.29, 0.717) is 30.3 Å². The molecule has 10 nitrogen and oxygen atoms in total. The molecule has 0 spiro atoms. The summed E-state index contributed by atoms with van der Waals surface area (Å²) in [6.07, 6.45) is 0.541. The van der Waals surface area contributed by atoms with E-state index in [0.717, 1.165) is 5.56 Å². The summed E-state index contributed by atoms with van der Waals surface area (Å²) in [4.78, 5) is 46.9. The molecule has 3 heterocycles. The largest absolute Gasteiger partial charge is 0.454 e. The van der Waals surface area contributed by atoms with Gasteiger partial charge >= 0.3 is 5.69 Å². The first-order valence-electron chi connectivity index (χ1n) is 8.73. The summed E-state index contributed by atoms with van der Waals surface area (Å²) < 4.78 is 11.9. The predicted octanol–water partition coefficient (Wildman–Crippen LogP) is 0.270. The van der Waals surface area contributed by atoms with Crippen molar-refractivity contribution in [3.8, 4) is 11.5 Å². The van der Waals surface area contributed by atoms with Gasteiger partial charge in [0.05, 0.1) is 0 Å². The van der Waals surface area contributed by atoms with Gasteiger partial charge in [-0.1, -0.05) is 6.07 Å². The molecule has 3 aromatic rings. The second-order valence-corrected chi connectivity index (χ2v) is 6.64. The number of rotatable bonds is 5. The third-order valence-corrected chi connectivity index (χ3v) is 4.66. The lowest BCUT2D eigenvalue weighted by molar-refractivity contribution is -0.130. The SMILES string of the molecule is CN(Cc1ccc2c(c1)OCO2)C(=O)CCc1nc2c([nH]1)c(=O)[nH]c(=O)n2C. The molecule has 2 aromatic heterocycles. The number of hydrogen-bond donors (Lipinski definition) is 2. The molecule has 146 valence electrons. The summed E-state index contributed by atoms with van der Waals surface area (Å²) in [5.41, 5.74) is 0.367. The van der Waals surface area contributed by atoms with Gasteiger partial charge in [-0.05, 0) is 17.7 Å². The Bertz CT molecular complexity index is 1180. The number of imidazole rings is 1. The quantitative estimate of drug-likeness (QED) is 0.650. The number of benzene rings is 1. The number of amides is 1. The number of H-pyrrole nitrogens is 2. The van der Waals surface area contributed by atoms with E-state index in [2.05, 4.69) is 15.0 Å². The number of aryl methyl sites for hydroxylation is 2. The number of hydrogen-bond acceptors (Lipinski definition) is 6. The molecule has 1 aliphatic heterocycles. The Hall–Kier alpha value is -3.56. The summed E-state index contributed by atoms with van der Waals surface area (Å²) in [7, 11) is 3.25. The van der Waals surface area contributed by atoms with Crippen molar-refractivity contribution in [2.45, 2.75) is 19.4 Å². The number of carbonyl (C=O) groups is 1. The third kappa shape index (κ3) is 3.24. The molecule has 0 saturated carbocycles. The summed E-state index contributed by atoms with van der Waals surface area (Å²) in [5.74, 6) is 1.79. The van der Waals surface area contributed by atoms with Crippen molar-refractivity contribution in [1.82, 2.24) is 24.4 Å². The average molecular weight is 385 g/mol. The van der Waals surface area contributed by atoms with E-state index in [4.69, 9.17) is 9.47 Å². The van der Waals surface area contributed by atoms with Gasteiger partial charge < -0.3 is 19.4 Å². The Kier molecular flexibility index (Phi) is 4.38. The van der Waals surface area contributed by atoms with Crippen LogP contribution in [0.1, 0.15) is 17.8 Å². The maximum Gasteiger partial charge on any atom is 0.329 e. The molecule has 0 saturated heterocycles. The molecule has 0 fully saturated rings. The smallest absolute Gasteiger partial charge is 0.329 e. The van der Waals surface area contributed by atoms with Crippen LogP contribution in [0.4, 0.5) is 0 Å². The molecular formula is C18H19N5O5. The van der Waals surface area contributed by atoms with Crippen molar-refractivity contribution < 1.29 is 14.3 Å². The highest BCUT2D eigenvalue weighted by atomic mass is 16.7. The molecule has 1 aliphatic rings. The molecule has 0 radical (unpaired) electrons. The normalized spacial score (nSPS) is 12.5. The number of ether oxygens (including phenoxy) is 2. The maximum atomic E-state index is 12.5. The van der Waals surface area contributed by atoms with E-state index in [1.54, 1.807) is 11.9 Å². The second-order valence-electron chi connectivity index (χ2n) is 6.64. The Morgan fingerprint density at radius 1 is 1.25 bits per heavy atom. The fourth-order valence-corrected chi connectivity index (χ4v) is 3.09.